The molecule has 3 unspecified atom stereocenters. The molecule has 0 aliphatic heterocycles. The fourth-order valence-corrected chi connectivity index (χ4v) is 9.53. The van der Waals surface area contributed by atoms with Crippen molar-refractivity contribution in [3.8, 4) is 5.75 Å². The van der Waals surface area contributed by atoms with Crippen molar-refractivity contribution in [1.82, 2.24) is 10.2 Å². The molecule has 1 aromatic heterocycles. The van der Waals surface area contributed by atoms with E-state index in [1.807, 2.05) is 24.3 Å². The maximum Gasteiger partial charge on any atom is 0.349 e. The standard InChI is InChI=1S/C36H39IN2O7/c37-27-6-2-4-8-30(27)45-31-16-25(33(42)38-9-10-40)15-28(32(31)41)39(20-36-17-21-11-22(18-36)13-23(12-21)19-36)34(43)26-14-24-5-1-3-7-29(24)46-35(26)44/h1-8,14,16,21-23,28,31-32,40-41H,9-13,15,17-20H2,(H,38,42). The molecule has 3 aromatic rings. The highest BCUT2D eigenvalue weighted by Gasteiger charge is 2.53. The van der Waals surface area contributed by atoms with Gasteiger partial charge in [-0.3, -0.25) is 9.59 Å². The van der Waals surface area contributed by atoms with Gasteiger partial charge < -0.3 is 29.6 Å². The van der Waals surface area contributed by atoms with Crippen LogP contribution in [0.25, 0.3) is 11.0 Å². The molecule has 4 saturated carbocycles. The summed E-state index contributed by atoms with van der Waals surface area (Å²) in [7, 11) is 0. The molecular weight excluding hydrogens is 699 g/mol. The van der Waals surface area contributed by atoms with Crippen LogP contribution in [-0.2, 0) is 4.79 Å². The number of hydrogen-bond acceptors (Lipinski definition) is 7. The van der Waals surface area contributed by atoms with Crippen molar-refractivity contribution < 1.29 is 29.0 Å². The Bertz CT molecular complexity index is 1700. The fraction of sp³-hybridized carbons (Fsp3) is 0.472. The molecule has 9 nitrogen and oxygen atoms in total. The Labute approximate surface area is 281 Å². The van der Waals surface area contributed by atoms with Crippen LogP contribution in [0.2, 0.25) is 0 Å². The number of aliphatic hydroxyl groups is 2. The Morgan fingerprint density at radius 2 is 1.70 bits per heavy atom. The Kier molecular flexibility index (Phi) is 8.71. The third kappa shape index (κ3) is 6.11. The van der Waals surface area contributed by atoms with Crippen LogP contribution in [0, 0.1) is 26.7 Å². The molecule has 3 N–H and O–H groups in total. The van der Waals surface area contributed by atoms with Crippen molar-refractivity contribution in [2.24, 2.45) is 23.2 Å². The van der Waals surface area contributed by atoms with Crippen LogP contribution in [0.3, 0.4) is 0 Å². The van der Waals surface area contributed by atoms with Gasteiger partial charge in [-0.25, -0.2) is 4.79 Å². The van der Waals surface area contributed by atoms with Crippen LogP contribution < -0.4 is 15.7 Å². The van der Waals surface area contributed by atoms with Crippen molar-refractivity contribution in [2.45, 2.75) is 63.2 Å². The van der Waals surface area contributed by atoms with E-state index in [2.05, 4.69) is 27.9 Å². The molecule has 0 spiro atoms. The van der Waals surface area contributed by atoms with Crippen molar-refractivity contribution in [3.63, 3.8) is 0 Å². The summed E-state index contributed by atoms with van der Waals surface area (Å²) in [6.07, 6.45) is 6.31. The minimum atomic E-state index is -1.18. The van der Waals surface area contributed by atoms with Gasteiger partial charge in [-0.1, -0.05) is 30.3 Å². The molecule has 8 rings (SSSR count). The quantitative estimate of drug-likeness (QED) is 0.215. The average molecular weight is 739 g/mol. The number of hydrogen-bond donors (Lipinski definition) is 3. The second-order valence-corrected chi connectivity index (χ2v) is 14.9. The minimum Gasteiger partial charge on any atom is -0.482 e. The first-order valence-corrected chi connectivity index (χ1v) is 17.3. The summed E-state index contributed by atoms with van der Waals surface area (Å²) < 4.78 is 12.8. The van der Waals surface area contributed by atoms with Crippen molar-refractivity contribution >= 4 is 45.4 Å². The highest BCUT2D eigenvalue weighted by Crippen LogP contribution is 2.60. The number of aliphatic hydroxyl groups excluding tert-OH is 2. The number of halogens is 1. The molecule has 4 fully saturated rings. The maximum atomic E-state index is 14.7. The van der Waals surface area contributed by atoms with Gasteiger partial charge in [0.1, 0.15) is 29.1 Å². The summed E-state index contributed by atoms with van der Waals surface area (Å²) in [5, 5.41) is 24.8. The van der Waals surface area contributed by atoms with Gasteiger partial charge in [-0.05, 0) is 115 Å². The smallest absolute Gasteiger partial charge is 0.349 e. The second-order valence-electron chi connectivity index (χ2n) is 13.8. The molecular formula is C36H39IN2O7. The molecule has 0 radical (unpaired) electrons. The van der Waals surface area contributed by atoms with Crippen LogP contribution in [0.5, 0.6) is 5.75 Å². The predicted molar refractivity (Wildman–Crippen MR) is 180 cm³/mol. The Hall–Kier alpha value is -3.22. The van der Waals surface area contributed by atoms with Gasteiger partial charge in [0.2, 0.25) is 5.91 Å². The monoisotopic (exact) mass is 738 g/mol. The highest BCUT2D eigenvalue weighted by molar-refractivity contribution is 14.1. The Morgan fingerprint density at radius 3 is 2.39 bits per heavy atom. The van der Waals surface area contributed by atoms with Gasteiger partial charge in [0.25, 0.3) is 5.91 Å². The van der Waals surface area contributed by atoms with Crippen LogP contribution >= 0.6 is 22.6 Å². The van der Waals surface area contributed by atoms with E-state index >= 15 is 0 Å². The second kappa shape index (κ2) is 12.8. The number of rotatable bonds is 9. The molecule has 0 saturated heterocycles. The van der Waals surface area contributed by atoms with Crippen LogP contribution in [-0.4, -0.2) is 64.9 Å². The molecule has 5 aliphatic carbocycles. The van der Waals surface area contributed by atoms with E-state index in [9.17, 15) is 24.6 Å². The first-order valence-electron chi connectivity index (χ1n) is 16.2. The lowest BCUT2D eigenvalue weighted by atomic mass is 9.49. The number of carbonyl (C=O) groups is 2. The van der Waals surface area contributed by atoms with Gasteiger partial charge in [0.05, 0.1) is 16.2 Å². The van der Waals surface area contributed by atoms with E-state index < -0.39 is 35.7 Å². The first kappa shape index (κ1) is 31.4. The van der Waals surface area contributed by atoms with Crippen molar-refractivity contribution in [2.75, 3.05) is 19.7 Å². The number of nitrogens with zero attached hydrogens (tertiary/aromatic N) is 1. The molecule has 10 heteroatoms. The van der Waals surface area contributed by atoms with E-state index in [1.54, 1.807) is 41.3 Å². The normalized spacial score (nSPS) is 29.8. The van der Waals surface area contributed by atoms with Crippen LogP contribution in [0.1, 0.15) is 55.3 Å². The van der Waals surface area contributed by atoms with Gasteiger partial charge in [-0.2, -0.15) is 0 Å². The number of carbonyl (C=O) groups excluding carboxylic acids is 2. The molecule has 5 aliphatic rings. The van der Waals surface area contributed by atoms with Crippen molar-refractivity contribution in [3.05, 3.63) is 85.8 Å². The molecule has 4 bridgehead atoms. The summed E-state index contributed by atoms with van der Waals surface area (Å²) in [6, 6.07) is 15.2. The van der Waals surface area contributed by atoms with E-state index in [0.717, 1.165) is 22.8 Å². The Morgan fingerprint density at radius 1 is 1.02 bits per heavy atom. The van der Waals surface area contributed by atoms with Gasteiger partial charge >= 0.3 is 5.63 Å². The molecule has 2 amide bonds. The third-order valence-electron chi connectivity index (χ3n) is 10.5. The zero-order valence-corrected chi connectivity index (χ0v) is 27.7. The highest BCUT2D eigenvalue weighted by atomic mass is 127. The zero-order chi connectivity index (χ0) is 32.0. The summed E-state index contributed by atoms with van der Waals surface area (Å²) in [6.45, 7) is 0.228. The largest absolute Gasteiger partial charge is 0.482 e. The summed E-state index contributed by atoms with van der Waals surface area (Å²) in [5.74, 6) is 1.52. The summed E-state index contributed by atoms with van der Waals surface area (Å²) >= 11 is 2.16. The lowest BCUT2D eigenvalue weighted by Gasteiger charge is -2.58. The molecule has 1 heterocycles. The third-order valence-corrected chi connectivity index (χ3v) is 11.4. The van der Waals surface area contributed by atoms with E-state index in [-0.39, 0.29) is 30.6 Å². The molecule has 2 aromatic carbocycles. The lowest BCUT2D eigenvalue weighted by molar-refractivity contribution is -0.118. The average Bonchev–Trinajstić information content (AvgIpc) is 3.03. The summed E-state index contributed by atoms with van der Waals surface area (Å²) in [5.41, 5.74) is -0.189. The van der Waals surface area contributed by atoms with E-state index in [4.69, 9.17) is 9.15 Å². The number of amides is 2. The number of benzene rings is 2. The SMILES string of the molecule is O=C(NCCO)C1=CC(Oc2ccccc2I)C(O)C(N(CC23CC4CC(CC(C4)C2)C3)C(=O)c2cc3ccccc3oc2=O)C1. The van der Waals surface area contributed by atoms with E-state index in [1.165, 1.54) is 19.3 Å². The number of nitrogens with one attached hydrogen (secondary N) is 1. The lowest BCUT2D eigenvalue weighted by Crippen LogP contribution is -2.60. The predicted octanol–water partition coefficient (Wildman–Crippen LogP) is 4.67. The zero-order valence-electron chi connectivity index (χ0n) is 25.6. The number of ether oxygens (including phenoxy) is 1. The first-order chi connectivity index (χ1) is 22.2. The maximum absolute atomic E-state index is 14.7. The summed E-state index contributed by atoms with van der Waals surface area (Å²) in [4.78, 5) is 43.1. The Balaban J connectivity index is 1.29. The van der Waals surface area contributed by atoms with Gasteiger partial charge in [0.15, 0.2) is 0 Å². The van der Waals surface area contributed by atoms with Crippen molar-refractivity contribution in [1.29, 1.82) is 0 Å². The molecule has 46 heavy (non-hydrogen) atoms. The topological polar surface area (TPSA) is 129 Å². The molecule has 3 atom stereocenters. The minimum absolute atomic E-state index is 0.0690. The van der Waals surface area contributed by atoms with E-state index in [0.29, 0.717) is 46.6 Å². The van der Waals surface area contributed by atoms with Gasteiger partial charge in [0, 0.05) is 30.5 Å². The van der Waals surface area contributed by atoms with Crippen LogP contribution in [0.4, 0.5) is 0 Å². The number of para-hydroxylation sites is 2. The molecule has 242 valence electrons. The van der Waals surface area contributed by atoms with Crippen LogP contribution in [0.15, 0.2) is 75.5 Å². The van der Waals surface area contributed by atoms with Gasteiger partial charge in [-0.15, -0.1) is 0 Å². The number of fused-ring (bicyclic) bond motifs is 1. The fourth-order valence-electron chi connectivity index (χ4n) is 9.02.